The van der Waals surface area contributed by atoms with Gasteiger partial charge >= 0.3 is 12.1 Å². The molecule has 0 aliphatic heterocycles. The van der Waals surface area contributed by atoms with Crippen LogP contribution in [0.25, 0.3) is 22.0 Å². The van der Waals surface area contributed by atoms with E-state index in [-0.39, 0.29) is 23.3 Å². The van der Waals surface area contributed by atoms with Crippen LogP contribution in [0.4, 0.5) is 13.2 Å². The number of halogens is 3. The Bertz CT molecular complexity index is 1520. The Kier molecular flexibility index (Phi) is 6.81. The maximum Gasteiger partial charge on any atom is 0.416 e. The topological polar surface area (TPSA) is 85.6 Å². The molecule has 0 bridgehead atoms. The average Bonchev–Trinajstić information content (AvgIpc) is 3.21. The van der Waals surface area contributed by atoms with E-state index in [0.29, 0.717) is 34.4 Å². The summed E-state index contributed by atoms with van der Waals surface area (Å²) in [5.74, 6) is -0.505. The number of aromatic nitrogens is 1. The van der Waals surface area contributed by atoms with Crippen molar-refractivity contribution >= 4 is 26.9 Å². The predicted molar refractivity (Wildman–Crippen MR) is 129 cm³/mol. The Balaban J connectivity index is 1.86. The van der Waals surface area contributed by atoms with Crippen molar-refractivity contribution in [2.75, 3.05) is 6.61 Å². The lowest BCUT2D eigenvalue weighted by molar-refractivity contribution is -0.138. The van der Waals surface area contributed by atoms with Gasteiger partial charge in [0.25, 0.3) is 10.0 Å². The van der Waals surface area contributed by atoms with Crippen molar-refractivity contribution in [3.8, 4) is 16.9 Å². The molecule has 0 saturated carbocycles. The van der Waals surface area contributed by atoms with Crippen molar-refractivity contribution < 1.29 is 36.2 Å². The number of hydrogen-bond donors (Lipinski definition) is 1. The van der Waals surface area contributed by atoms with Gasteiger partial charge in [0, 0.05) is 23.6 Å². The molecular weight excluding hydrogens is 495 g/mol. The summed E-state index contributed by atoms with van der Waals surface area (Å²) in [6.07, 6.45) is -3.21. The van der Waals surface area contributed by atoms with Crippen molar-refractivity contribution in [3.63, 3.8) is 0 Å². The third-order valence-corrected chi connectivity index (χ3v) is 7.42. The number of aryl methyl sites for hydroxylation is 1. The van der Waals surface area contributed by atoms with Crippen LogP contribution in [0.1, 0.15) is 24.5 Å². The minimum atomic E-state index is -4.51. The summed E-state index contributed by atoms with van der Waals surface area (Å²) in [6.45, 7) is 2.21. The highest BCUT2D eigenvalue weighted by Crippen LogP contribution is 2.35. The van der Waals surface area contributed by atoms with Gasteiger partial charge in [-0.25, -0.2) is 12.4 Å². The molecule has 4 aromatic rings. The van der Waals surface area contributed by atoms with Gasteiger partial charge in [-0.3, -0.25) is 4.79 Å². The molecule has 0 unspecified atom stereocenters. The van der Waals surface area contributed by atoms with Gasteiger partial charge in [0.05, 0.1) is 22.6 Å². The number of aliphatic carboxylic acids is 1. The Labute approximate surface area is 205 Å². The lowest BCUT2D eigenvalue weighted by atomic mass is 10.0. The first-order valence-electron chi connectivity index (χ1n) is 11.0. The second kappa shape index (κ2) is 9.69. The normalized spacial score (nSPS) is 12.1. The molecule has 188 valence electrons. The summed E-state index contributed by atoms with van der Waals surface area (Å²) in [7, 11) is -4.22. The highest BCUT2D eigenvalue weighted by Gasteiger charge is 2.30. The van der Waals surface area contributed by atoms with Crippen LogP contribution in [0.15, 0.2) is 77.8 Å². The number of carboxylic acid groups (broad SMARTS) is 1. The van der Waals surface area contributed by atoms with Gasteiger partial charge in [0.2, 0.25) is 0 Å². The lowest BCUT2D eigenvalue weighted by Crippen LogP contribution is -2.13. The second-order valence-electron chi connectivity index (χ2n) is 8.03. The number of nitrogens with zero attached hydrogens (tertiary/aromatic N) is 1. The van der Waals surface area contributed by atoms with Crippen LogP contribution in [-0.2, 0) is 27.4 Å². The SMILES string of the molecule is CCOc1ccc2c(c1)c(CCC(=O)O)cn2S(=O)(=O)c1ccccc1-c1ccc(C(F)(F)F)cc1. The molecule has 1 aromatic heterocycles. The molecule has 1 N–H and O–H groups in total. The third-order valence-electron chi connectivity index (χ3n) is 5.69. The number of ether oxygens (including phenoxy) is 1. The Hall–Kier alpha value is -3.79. The molecule has 3 aromatic carbocycles. The Morgan fingerprint density at radius 3 is 2.36 bits per heavy atom. The van der Waals surface area contributed by atoms with E-state index in [4.69, 9.17) is 9.84 Å². The summed E-state index contributed by atoms with van der Waals surface area (Å²) in [5, 5.41) is 9.68. The van der Waals surface area contributed by atoms with E-state index in [0.717, 1.165) is 16.1 Å². The molecule has 0 aliphatic rings. The molecule has 0 spiro atoms. The zero-order chi connectivity index (χ0) is 26.1. The van der Waals surface area contributed by atoms with Gasteiger partial charge in [-0.2, -0.15) is 13.2 Å². The number of benzene rings is 3. The molecule has 0 saturated heterocycles. The fourth-order valence-electron chi connectivity index (χ4n) is 4.02. The molecular formula is C26H22F3NO5S. The van der Waals surface area contributed by atoms with Crippen LogP contribution in [0.3, 0.4) is 0 Å². The zero-order valence-electron chi connectivity index (χ0n) is 19.1. The number of alkyl halides is 3. The van der Waals surface area contributed by atoms with E-state index in [1.807, 2.05) is 6.92 Å². The van der Waals surface area contributed by atoms with Crippen molar-refractivity contribution in [3.05, 3.63) is 84.1 Å². The molecule has 0 fully saturated rings. The van der Waals surface area contributed by atoms with E-state index < -0.39 is 27.7 Å². The van der Waals surface area contributed by atoms with Gasteiger partial charge < -0.3 is 9.84 Å². The van der Waals surface area contributed by atoms with Crippen LogP contribution in [-0.4, -0.2) is 30.1 Å². The van der Waals surface area contributed by atoms with Crippen molar-refractivity contribution in [1.82, 2.24) is 3.97 Å². The minimum absolute atomic E-state index is 0.0969. The largest absolute Gasteiger partial charge is 0.494 e. The van der Waals surface area contributed by atoms with Crippen LogP contribution >= 0.6 is 0 Å². The highest BCUT2D eigenvalue weighted by molar-refractivity contribution is 7.90. The van der Waals surface area contributed by atoms with E-state index >= 15 is 0 Å². The van der Waals surface area contributed by atoms with Gasteiger partial charge in [-0.05, 0) is 60.9 Å². The van der Waals surface area contributed by atoms with Crippen LogP contribution in [0.2, 0.25) is 0 Å². The minimum Gasteiger partial charge on any atom is -0.494 e. The smallest absolute Gasteiger partial charge is 0.416 e. The van der Waals surface area contributed by atoms with Gasteiger partial charge in [0.15, 0.2) is 0 Å². The van der Waals surface area contributed by atoms with E-state index in [1.165, 1.54) is 36.5 Å². The van der Waals surface area contributed by atoms with Crippen LogP contribution < -0.4 is 4.74 Å². The molecule has 0 atom stereocenters. The summed E-state index contributed by atoms with van der Waals surface area (Å²) >= 11 is 0. The van der Waals surface area contributed by atoms with Gasteiger partial charge in [0.1, 0.15) is 5.75 Å². The fourth-order valence-corrected chi connectivity index (χ4v) is 5.63. The van der Waals surface area contributed by atoms with E-state index in [1.54, 1.807) is 24.3 Å². The number of rotatable bonds is 8. The number of carboxylic acids is 1. The third kappa shape index (κ3) is 4.94. The molecule has 1 heterocycles. The molecule has 10 heteroatoms. The van der Waals surface area contributed by atoms with Crippen molar-refractivity contribution in [2.45, 2.75) is 30.8 Å². The summed E-state index contributed by atoms with van der Waals surface area (Å²) in [4.78, 5) is 11.1. The average molecular weight is 518 g/mol. The molecule has 0 radical (unpaired) electrons. The van der Waals surface area contributed by atoms with Gasteiger partial charge in [-0.15, -0.1) is 0 Å². The monoisotopic (exact) mass is 517 g/mol. The predicted octanol–water partition coefficient (Wildman–Crippen LogP) is 5.98. The standard InChI is InChI=1S/C26H22F3NO5S/c1-2-35-20-12-13-23-22(15-20)18(9-14-25(31)32)16-30(23)36(33,34)24-6-4-3-5-21(24)17-7-10-19(11-8-17)26(27,28)29/h3-8,10-13,15-16H,2,9,14H2,1H3,(H,31,32). The molecule has 36 heavy (non-hydrogen) atoms. The maximum absolute atomic E-state index is 13.9. The first-order valence-corrected chi connectivity index (χ1v) is 12.5. The summed E-state index contributed by atoms with van der Waals surface area (Å²) in [5.41, 5.74) is 0.566. The van der Waals surface area contributed by atoms with Crippen molar-refractivity contribution in [1.29, 1.82) is 0 Å². The van der Waals surface area contributed by atoms with Crippen LogP contribution in [0.5, 0.6) is 5.75 Å². The van der Waals surface area contributed by atoms with Gasteiger partial charge in [-0.1, -0.05) is 30.3 Å². The zero-order valence-corrected chi connectivity index (χ0v) is 19.9. The highest BCUT2D eigenvalue weighted by atomic mass is 32.2. The fraction of sp³-hybridized carbons (Fsp3) is 0.192. The first kappa shape index (κ1) is 25.3. The quantitative estimate of drug-likeness (QED) is 0.311. The number of hydrogen-bond acceptors (Lipinski definition) is 4. The summed E-state index contributed by atoms with van der Waals surface area (Å²) in [6, 6.07) is 15.2. The van der Waals surface area contributed by atoms with E-state index in [9.17, 15) is 26.4 Å². The number of carbonyl (C=O) groups is 1. The Morgan fingerprint density at radius 1 is 1.03 bits per heavy atom. The maximum atomic E-state index is 13.9. The van der Waals surface area contributed by atoms with Crippen molar-refractivity contribution in [2.24, 2.45) is 0 Å². The number of fused-ring (bicyclic) bond motifs is 1. The first-order chi connectivity index (χ1) is 17.0. The molecule has 4 rings (SSSR count). The van der Waals surface area contributed by atoms with E-state index in [2.05, 4.69) is 0 Å². The lowest BCUT2D eigenvalue weighted by Gasteiger charge is -2.14. The second-order valence-corrected chi connectivity index (χ2v) is 9.82. The molecule has 0 aliphatic carbocycles. The Morgan fingerprint density at radius 2 is 1.72 bits per heavy atom. The summed E-state index contributed by atoms with van der Waals surface area (Å²) < 4.78 is 73.4. The molecule has 0 amide bonds. The molecule has 6 nitrogen and oxygen atoms in total. The van der Waals surface area contributed by atoms with Crippen LogP contribution in [0, 0.1) is 0 Å².